The predicted molar refractivity (Wildman–Crippen MR) is 46.6 cm³/mol. The van der Waals surface area contributed by atoms with Gasteiger partial charge in [0, 0.05) is 0 Å². The molecule has 80 valence electrons. The molecule has 1 aromatic rings. The summed E-state index contributed by atoms with van der Waals surface area (Å²) < 4.78 is 35.1. The highest BCUT2D eigenvalue weighted by Crippen LogP contribution is 2.10. The van der Waals surface area contributed by atoms with Crippen molar-refractivity contribution in [2.24, 2.45) is 0 Å². The SMILES string of the molecule is OB(OOC(F)=C(F)F)c1ccccc1. The molecule has 0 spiro atoms. The summed E-state index contributed by atoms with van der Waals surface area (Å²) in [5.74, 6) is 0. The van der Waals surface area contributed by atoms with E-state index in [0.29, 0.717) is 0 Å². The molecule has 0 heterocycles. The minimum Gasteiger partial charge on any atom is -0.421 e. The van der Waals surface area contributed by atoms with Crippen LogP contribution in [0.25, 0.3) is 0 Å². The molecule has 0 aromatic heterocycles. The van der Waals surface area contributed by atoms with E-state index in [4.69, 9.17) is 5.02 Å². The summed E-state index contributed by atoms with van der Waals surface area (Å²) in [4.78, 5) is 7.53. The van der Waals surface area contributed by atoms with Gasteiger partial charge in [0.1, 0.15) is 0 Å². The highest BCUT2D eigenvalue weighted by Gasteiger charge is 2.20. The molecule has 3 nitrogen and oxygen atoms in total. The topological polar surface area (TPSA) is 38.7 Å². The van der Waals surface area contributed by atoms with E-state index in [2.05, 4.69) is 9.69 Å². The Bertz CT molecular complexity index is 340. The van der Waals surface area contributed by atoms with Crippen LogP contribution in [-0.4, -0.2) is 12.1 Å². The summed E-state index contributed by atoms with van der Waals surface area (Å²) in [6.45, 7) is 0. The van der Waals surface area contributed by atoms with Gasteiger partial charge in [-0.25, -0.2) is 4.81 Å². The molecular formula is C8H6BF3O3. The van der Waals surface area contributed by atoms with E-state index < -0.39 is 19.2 Å². The van der Waals surface area contributed by atoms with Crippen LogP contribution in [-0.2, 0) is 9.69 Å². The Morgan fingerprint density at radius 2 is 1.73 bits per heavy atom. The van der Waals surface area contributed by atoms with E-state index in [1.807, 2.05) is 0 Å². The molecule has 15 heavy (non-hydrogen) atoms. The van der Waals surface area contributed by atoms with E-state index in [1.165, 1.54) is 12.1 Å². The van der Waals surface area contributed by atoms with Crippen molar-refractivity contribution >= 4 is 12.6 Å². The van der Waals surface area contributed by atoms with Crippen LogP contribution < -0.4 is 5.46 Å². The first-order valence-corrected chi connectivity index (χ1v) is 3.88. The summed E-state index contributed by atoms with van der Waals surface area (Å²) in [7, 11) is -1.63. The third-order valence-corrected chi connectivity index (χ3v) is 1.45. The molecule has 0 bridgehead atoms. The molecule has 0 atom stereocenters. The van der Waals surface area contributed by atoms with Gasteiger partial charge >= 0.3 is 19.2 Å². The smallest absolute Gasteiger partial charge is 0.421 e. The Balaban J connectivity index is 2.51. The fourth-order valence-corrected chi connectivity index (χ4v) is 0.793. The van der Waals surface area contributed by atoms with Gasteiger partial charge < -0.3 is 9.91 Å². The highest BCUT2D eigenvalue weighted by molar-refractivity contribution is 6.59. The summed E-state index contributed by atoms with van der Waals surface area (Å²) in [5.41, 5.74) is 0.254. The lowest BCUT2D eigenvalue weighted by atomic mass is 9.80. The van der Waals surface area contributed by atoms with Gasteiger partial charge in [0.25, 0.3) is 0 Å². The third-order valence-electron chi connectivity index (χ3n) is 1.45. The Morgan fingerprint density at radius 1 is 1.13 bits per heavy atom. The van der Waals surface area contributed by atoms with Crippen LogP contribution in [0.5, 0.6) is 0 Å². The fraction of sp³-hybridized carbons (Fsp3) is 0. The van der Waals surface area contributed by atoms with Crippen LogP contribution in [0.2, 0.25) is 0 Å². The van der Waals surface area contributed by atoms with Crippen molar-refractivity contribution in [3.05, 3.63) is 42.4 Å². The molecule has 0 radical (unpaired) electrons. The van der Waals surface area contributed by atoms with E-state index in [1.54, 1.807) is 18.2 Å². The second-order valence-corrected chi connectivity index (χ2v) is 2.48. The molecule has 0 saturated carbocycles. The van der Waals surface area contributed by atoms with Gasteiger partial charge in [-0.15, -0.1) is 0 Å². The number of rotatable bonds is 4. The predicted octanol–water partition coefficient (Wildman–Crippen LogP) is 1.36. The first-order valence-electron chi connectivity index (χ1n) is 3.88. The summed E-state index contributed by atoms with van der Waals surface area (Å²) in [5, 5.41) is 9.17. The van der Waals surface area contributed by atoms with Crippen LogP contribution in [0.3, 0.4) is 0 Å². The quantitative estimate of drug-likeness (QED) is 0.359. The minimum absolute atomic E-state index is 0.254. The standard InChI is InChI=1S/C8H6BF3O3/c10-7(11)8(12)14-15-9(13)6-4-2-1-3-5-6/h1-5,13H. The Kier molecular flexibility index (Phi) is 4.20. The van der Waals surface area contributed by atoms with Crippen LogP contribution in [0.15, 0.2) is 42.4 Å². The zero-order valence-electron chi connectivity index (χ0n) is 7.36. The molecule has 0 aliphatic carbocycles. The van der Waals surface area contributed by atoms with Crippen LogP contribution >= 0.6 is 0 Å². The summed E-state index contributed by atoms with van der Waals surface area (Å²) in [6, 6.07) is 5.60. The second kappa shape index (κ2) is 5.42. The zero-order valence-corrected chi connectivity index (χ0v) is 7.36. The van der Waals surface area contributed by atoms with Gasteiger partial charge in [0.2, 0.25) is 0 Å². The van der Waals surface area contributed by atoms with Crippen molar-refractivity contribution in [2.45, 2.75) is 0 Å². The molecule has 0 aliphatic rings. The van der Waals surface area contributed by atoms with Crippen LogP contribution in [0, 0.1) is 0 Å². The zero-order chi connectivity index (χ0) is 11.3. The van der Waals surface area contributed by atoms with Gasteiger partial charge in [-0.3, -0.25) is 0 Å². The third kappa shape index (κ3) is 3.65. The average molecular weight is 218 g/mol. The fourth-order valence-electron chi connectivity index (χ4n) is 0.793. The number of halogens is 3. The van der Waals surface area contributed by atoms with Gasteiger partial charge in [0.05, 0.1) is 0 Å². The molecule has 0 aliphatic heterocycles. The maximum Gasteiger partial charge on any atom is 0.538 e. The lowest BCUT2D eigenvalue weighted by Gasteiger charge is -2.05. The minimum atomic E-state index is -2.66. The second-order valence-electron chi connectivity index (χ2n) is 2.48. The van der Waals surface area contributed by atoms with Crippen molar-refractivity contribution in [3.63, 3.8) is 0 Å². The number of hydrogen-bond donors (Lipinski definition) is 1. The molecule has 1 N–H and O–H groups in total. The molecule has 0 amide bonds. The maximum absolute atomic E-state index is 12.1. The maximum atomic E-state index is 12.1. The van der Waals surface area contributed by atoms with Gasteiger partial charge in [-0.2, -0.15) is 13.2 Å². The van der Waals surface area contributed by atoms with Gasteiger partial charge in [-0.1, -0.05) is 30.3 Å². The molecule has 1 aromatic carbocycles. The van der Waals surface area contributed by atoms with E-state index in [0.717, 1.165) is 0 Å². The summed E-state index contributed by atoms with van der Waals surface area (Å²) in [6.07, 6.45) is -2.66. The van der Waals surface area contributed by atoms with Crippen molar-refractivity contribution in [1.29, 1.82) is 0 Å². The first-order chi connectivity index (χ1) is 7.11. The molecule has 0 fully saturated rings. The monoisotopic (exact) mass is 218 g/mol. The molecule has 0 saturated heterocycles. The van der Waals surface area contributed by atoms with Gasteiger partial charge in [0.15, 0.2) is 0 Å². The van der Waals surface area contributed by atoms with E-state index in [-0.39, 0.29) is 5.46 Å². The highest BCUT2D eigenvalue weighted by atomic mass is 19.3. The molecule has 0 unspecified atom stereocenters. The van der Waals surface area contributed by atoms with Crippen molar-refractivity contribution in [1.82, 2.24) is 0 Å². The Hall–Kier alpha value is -1.47. The average Bonchev–Trinajstić information content (AvgIpc) is 2.26. The number of benzene rings is 1. The normalized spacial score (nSPS) is 9.60. The van der Waals surface area contributed by atoms with E-state index >= 15 is 0 Å². The van der Waals surface area contributed by atoms with E-state index in [9.17, 15) is 13.2 Å². The van der Waals surface area contributed by atoms with Crippen molar-refractivity contribution in [3.8, 4) is 0 Å². The Morgan fingerprint density at radius 3 is 2.27 bits per heavy atom. The largest absolute Gasteiger partial charge is 0.538 e. The van der Waals surface area contributed by atoms with Crippen molar-refractivity contribution < 1.29 is 27.9 Å². The lowest BCUT2D eigenvalue weighted by Crippen LogP contribution is -2.33. The van der Waals surface area contributed by atoms with Gasteiger partial charge in [-0.05, 0) is 5.46 Å². The molecular weight excluding hydrogens is 212 g/mol. The molecule has 1 rings (SSSR count). The Labute approximate surface area is 83.8 Å². The molecule has 7 heteroatoms. The van der Waals surface area contributed by atoms with Crippen LogP contribution in [0.1, 0.15) is 0 Å². The number of hydrogen-bond acceptors (Lipinski definition) is 3. The van der Waals surface area contributed by atoms with Crippen molar-refractivity contribution in [2.75, 3.05) is 0 Å². The first kappa shape index (κ1) is 11.6. The summed E-state index contributed by atoms with van der Waals surface area (Å²) >= 11 is 0. The van der Waals surface area contributed by atoms with Crippen LogP contribution in [0.4, 0.5) is 13.2 Å². The lowest BCUT2D eigenvalue weighted by molar-refractivity contribution is -0.206.